The number of halogens is 7. The van der Waals surface area contributed by atoms with E-state index in [1.807, 2.05) is 0 Å². The van der Waals surface area contributed by atoms with Crippen LogP contribution in [0.5, 0.6) is 0 Å². The van der Waals surface area contributed by atoms with Crippen molar-refractivity contribution in [2.24, 2.45) is 0 Å². The Bertz CT molecular complexity index is 627. The summed E-state index contributed by atoms with van der Waals surface area (Å²) in [5.41, 5.74) is 0. The molecule has 0 N–H and O–H groups in total. The first-order valence-corrected chi connectivity index (χ1v) is 13.0. The summed E-state index contributed by atoms with van der Waals surface area (Å²) in [6, 6.07) is 0. The molecule has 0 aliphatic carbocycles. The molecule has 1 unspecified atom stereocenters. The van der Waals surface area contributed by atoms with Crippen molar-refractivity contribution in [2.45, 2.75) is 128 Å². The normalized spacial score (nSPS) is 13.4. The molecule has 0 amide bonds. The largest absolute Gasteiger partial charge is 0.460 e. The van der Waals surface area contributed by atoms with E-state index in [9.17, 15) is 40.3 Å². The van der Waals surface area contributed by atoms with E-state index in [1.54, 1.807) is 0 Å². The summed E-state index contributed by atoms with van der Waals surface area (Å²) in [7, 11) is 0. The van der Waals surface area contributed by atoms with Crippen LogP contribution in [0.25, 0.3) is 0 Å². The summed E-state index contributed by atoms with van der Waals surface area (Å²) < 4.78 is 103. The molecule has 5 nitrogen and oxygen atoms in total. The van der Waals surface area contributed by atoms with E-state index >= 15 is 0 Å². The predicted molar refractivity (Wildman–Crippen MR) is 124 cm³/mol. The number of carbonyl (C=O) groups is 2. The SMILES string of the molecule is CCCCCCCCCCCCCCCCOCC(COC(=O)C(F)(F)C(F)(F)C(F)(F)F)OC(C)=O. The summed E-state index contributed by atoms with van der Waals surface area (Å²) in [6.07, 6.45) is 8.14. The topological polar surface area (TPSA) is 61.8 Å². The molecule has 0 saturated carbocycles. The van der Waals surface area contributed by atoms with Crippen molar-refractivity contribution in [3.05, 3.63) is 0 Å². The molecule has 12 heteroatoms. The van der Waals surface area contributed by atoms with E-state index in [2.05, 4.69) is 11.7 Å². The highest BCUT2D eigenvalue weighted by molar-refractivity contribution is 5.79. The van der Waals surface area contributed by atoms with Crippen LogP contribution in [0.2, 0.25) is 0 Å². The minimum absolute atomic E-state index is 0.214. The van der Waals surface area contributed by atoms with Gasteiger partial charge >= 0.3 is 30.0 Å². The fraction of sp³-hybridized carbons (Fsp3) is 0.920. The molecule has 0 radical (unpaired) electrons. The molecule has 37 heavy (non-hydrogen) atoms. The van der Waals surface area contributed by atoms with Gasteiger partial charge in [-0.2, -0.15) is 30.7 Å². The van der Waals surface area contributed by atoms with Crippen LogP contribution in [0.1, 0.15) is 104 Å². The Labute approximate surface area is 214 Å². The number of alkyl halides is 7. The van der Waals surface area contributed by atoms with E-state index in [0.29, 0.717) is 6.42 Å². The van der Waals surface area contributed by atoms with Crippen LogP contribution in [0.15, 0.2) is 0 Å². The van der Waals surface area contributed by atoms with Gasteiger partial charge in [0.2, 0.25) is 0 Å². The number of hydrogen-bond acceptors (Lipinski definition) is 5. The van der Waals surface area contributed by atoms with Gasteiger partial charge in [0.05, 0.1) is 6.61 Å². The molecule has 0 bridgehead atoms. The molecule has 220 valence electrons. The number of ether oxygens (including phenoxy) is 3. The van der Waals surface area contributed by atoms with Gasteiger partial charge in [0.25, 0.3) is 0 Å². The average molecular weight is 555 g/mol. The van der Waals surface area contributed by atoms with Crippen LogP contribution in [-0.4, -0.2) is 55.9 Å². The zero-order valence-corrected chi connectivity index (χ0v) is 21.8. The molecular weight excluding hydrogens is 513 g/mol. The Kier molecular flexibility index (Phi) is 17.8. The third-order valence-corrected chi connectivity index (χ3v) is 5.69. The predicted octanol–water partition coefficient (Wildman–Crippen LogP) is 7.79. The highest BCUT2D eigenvalue weighted by Gasteiger charge is 2.77. The highest BCUT2D eigenvalue weighted by Crippen LogP contribution is 2.47. The third-order valence-electron chi connectivity index (χ3n) is 5.69. The summed E-state index contributed by atoms with van der Waals surface area (Å²) >= 11 is 0. The van der Waals surface area contributed by atoms with Gasteiger partial charge in [-0.25, -0.2) is 4.79 Å². The van der Waals surface area contributed by atoms with Crippen molar-refractivity contribution >= 4 is 11.9 Å². The Morgan fingerprint density at radius 3 is 1.51 bits per heavy atom. The van der Waals surface area contributed by atoms with Gasteiger partial charge in [0.15, 0.2) is 6.10 Å². The fourth-order valence-corrected chi connectivity index (χ4v) is 3.53. The third kappa shape index (κ3) is 14.8. The van der Waals surface area contributed by atoms with E-state index in [-0.39, 0.29) is 6.61 Å². The van der Waals surface area contributed by atoms with Crippen molar-refractivity contribution in [1.29, 1.82) is 0 Å². The second kappa shape index (κ2) is 18.6. The van der Waals surface area contributed by atoms with Gasteiger partial charge in [-0.05, 0) is 6.42 Å². The van der Waals surface area contributed by atoms with Gasteiger partial charge in [-0.3, -0.25) is 4.79 Å². The van der Waals surface area contributed by atoms with E-state index < -0.39 is 49.3 Å². The highest BCUT2D eigenvalue weighted by atomic mass is 19.4. The standard InChI is InChI=1S/C25H41F7O5/c1-3-4-5-6-7-8-9-10-11-12-13-14-15-16-17-35-18-21(37-20(2)33)19-36-22(34)23(26,27)24(28,29)25(30,31)32/h21H,3-19H2,1-2H3. The molecule has 0 aromatic carbocycles. The van der Waals surface area contributed by atoms with Gasteiger partial charge in [-0.1, -0.05) is 90.4 Å². The fourth-order valence-electron chi connectivity index (χ4n) is 3.53. The molecule has 0 aromatic rings. The molecule has 0 aliphatic rings. The maximum absolute atomic E-state index is 13.3. The second-order valence-electron chi connectivity index (χ2n) is 9.15. The Balaban J connectivity index is 4.06. The number of rotatable bonds is 22. The molecular formula is C25H41F7O5. The zero-order valence-electron chi connectivity index (χ0n) is 21.8. The van der Waals surface area contributed by atoms with Crippen molar-refractivity contribution in [1.82, 2.24) is 0 Å². The summed E-state index contributed by atoms with van der Waals surface area (Å²) in [5.74, 6) is -16.8. The van der Waals surface area contributed by atoms with Crippen molar-refractivity contribution in [2.75, 3.05) is 19.8 Å². The summed E-state index contributed by atoms with van der Waals surface area (Å²) in [5, 5.41) is 0. The van der Waals surface area contributed by atoms with Gasteiger partial charge in [-0.15, -0.1) is 0 Å². The van der Waals surface area contributed by atoms with Crippen LogP contribution in [0.3, 0.4) is 0 Å². The maximum atomic E-state index is 13.3. The van der Waals surface area contributed by atoms with Crippen molar-refractivity contribution in [3.8, 4) is 0 Å². The van der Waals surface area contributed by atoms with Crippen LogP contribution in [0, 0.1) is 0 Å². The zero-order chi connectivity index (χ0) is 28.4. The van der Waals surface area contributed by atoms with Crippen LogP contribution >= 0.6 is 0 Å². The van der Waals surface area contributed by atoms with Crippen LogP contribution < -0.4 is 0 Å². The van der Waals surface area contributed by atoms with Crippen molar-refractivity contribution < 1.29 is 54.5 Å². The Hall–Kier alpha value is -1.59. The molecule has 0 rings (SSSR count). The Morgan fingerprint density at radius 2 is 1.11 bits per heavy atom. The molecule has 1 atom stereocenters. The van der Waals surface area contributed by atoms with E-state index in [1.165, 1.54) is 57.8 Å². The summed E-state index contributed by atoms with van der Waals surface area (Å²) in [4.78, 5) is 22.4. The smallest absolute Gasteiger partial charge is 0.457 e. The number of esters is 2. The van der Waals surface area contributed by atoms with Crippen LogP contribution in [-0.2, 0) is 23.8 Å². The Morgan fingerprint density at radius 1 is 0.676 bits per heavy atom. The van der Waals surface area contributed by atoms with Gasteiger partial charge in [0.1, 0.15) is 6.61 Å². The minimum Gasteiger partial charge on any atom is -0.457 e. The van der Waals surface area contributed by atoms with Crippen molar-refractivity contribution in [3.63, 3.8) is 0 Å². The first-order valence-electron chi connectivity index (χ1n) is 13.0. The first-order chi connectivity index (χ1) is 17.3. The quantitative estimate of drug-likeness (QED) is 0.0777. The van der Waals surface area contributed by atoms with Gasteiger partial charge < -0.3 is 14.2 Å². The van der Waals surface area contributed by atoms with Gasteiger partial charge in [0, 0.05) is 13.5 Å². The lowest BCUT2D eigenvalue weighted by Gasteiger charge is -2.27. The second-order valence-corrected chi connectivity index (χ2v) is 9.15. The number of carbonyl (C=O) groups excluding carboxylic acids is 2. The molecule has 0 heterocycles. The van der Waals surface area contributed by atoms with E-state index in [4.69, 9.17) is 9.47 Å². The number of hydrogen-bond donors (Lipinski definition) is 0. The monoisotopic (exact) mass is 554 g/mol. The molecule has 0 aromatic heterocycles. The molecule has 0 aliphatic heterocycles. The lowest BCUT2D eigenvalue weighted by molar-refractivity contribution is -0.348. The minimum atomic E-state index is -6.67. The molecule has 0 spiro atoms. The maximum Gasteiger partial charge on any atom is 0.460 e. The van der Waals surface area contributed by atoms with E-state index in [0.717, 1.165) is 32.6 Å². The lowest BCUT2D eigenvalue weighted by atomic mass is 10.0. The molecule has 0 saturated heterocycles. The average Bonchev–Trinajstić information content (AvgIpc) is 2.80. The summed E-state index contributed by atoms with van der Waals surface area (Å²) in [6.45, 7) is 1.79. The molecule has 0 fully saturated rings. The number of unbranched alkanes of at least 4 members (excludes halogenated alkanes) is 13. The lowest BCUT2D eigenvalue weighted by Crippen LogP contribution is -2.57. The first kappa shape index (κ1) is 35.4. The van der Waals surface area contributed by atoms with Crippen LogP contribution in [0.4, 0.5) is 30.7 Å².